The van der Waals surface area contributed by atoms with Gasteiger partial charge >= 0.3 is 12.6 Å². The highest BCUT2D eigenvalue weighted by Crippen LogP contribution is 2.39. The molecule has 1 atom stereocenters. The van der Waals surface area contributed by atoms with Gasteiger partial charge < -0.3 is 23.7 Å². The third kappa shape index (κ3) is 5.18. The van der Waals surface area contributed by atoms with Gasteiger partial charge in [-0.15, -0.1) is 0 Å². The lowest BCUT2D eigenvalue weighted by molar-refractivity contribution is -0.139. The fraction of sp³-hybridized carbons (Fsp3) is 0.321. The summed E-state index contributed by atoms with van der Waals surface area (Å²) in [7, 11) is 1.34. The van der Waals surface area contributed by atoms with Crippen LogP contribution in [0.4, 0.5) is 8.78 Å². The second kappa shape index (κ2) is 11.5. The molecular formula is C28H26F2N2O7S. The largest absolute Gasteiger partial charge is 0.493 e. The molecule has 5 rings (SSSR count). The lowest BCUT2D eigenvalue weighted by Gasteiger charge is -2.25. The second-order valence-electron chi connectivity index (χ2n) is 8.82. The maximum absolute atomic E-state index is 13.9. The number of fused-ring (bicyclic) bond motifs is 2. The number of nitrogens with zero attached hydrogens (tertiary/aromatic N) is 2. The van der Waals surface area contributed by atoms with E-state index in [4.69, 9.17) is 23.9 Å². The fourth-order valence-electron chi connectivity index (χ4n) is 4.64. The summed E-state index contributed by atoms with van der Waals surface area (Å²) in [5.41, 5.74) is 1.62. The van der Waals surface area contributed by atoms with E-state index < -0.39 is 18.6 Å². The molecule has 9 nitrogen and oxygen atoms in total. The predicted molar refractivity (Wildman–Crippen MR) is 142 cm³/mol. The molecule has 210 valence electrons. The summed E-state index contributed by atoms with van der Waals surface area (Å²) in [5.74, 6) is 0.498. The number of methoxy groups -OCH3 is 1. The quantitative estimate of drug-likeness (QED) is 0.359. The van der Waals surface area contributed by atoms with Crippen molar-refractivity contribution in [3.63, 3.8) is 0 Å². The SMILES string of the molecule is CCCC1=C(C(=O)OCC)[C@H](c2ccc3c(c2)OCO3)n2c(s/c(=C/c3ccc(OC(F)F)c(OC)c3)c2=O)=N1. The molecule has 1 aromatic heterocycles. The number of esters is 1. The van der Waals surface area contributed by atoms with Crippen molar-refractivity contribution < 1.29 is 37.3 Å². The van der Waals surface area contributed by atoms with Crippen LogP contribution < -0.4 is 33.8 Å². The third-order valence-corrected chi connectivity index (χ3v) is 7.29. The molecule has 3 heterocycles. The average molecular weight is 573 g/mol. The zero-order valence-corrected chi connectivity index (χ0v) is 22.8. The maximum Gasteiger partial charge on any atom is 0.387 e. The summed E-state index contributed by atoms with van der Waals surface area (Å²) < 4.78 is 53.4. The number of hydrogen-bond donors (Lipinski definition) is 0. The minimum absolute atomic E-state index is 0.0772. The van der Waals surface area contributed by atoms with Crippen molar-refractivity contribution in [3.8, 4) is 23.0 Å². The molecule has 0 fully saturated rings. The van der Waals surface area contributed by atoms with Crippen LogP contribution in [0.2, 0.25) is 0 Å². The van der Waals surface area contributed by atoms with Crippen LogP contribution in [0.3, 0.4) is 0 Å². The second-order valence-corrected chi connectivity index (χ2v) is 9.82. The fourth-order valence-corrected chi connectivity index (χ4v) is 5.66. The number of rotatable bonds is 9. The molecule has 12 heteroatoms. The number of allylic oxidation sites excluding steroid dienone is 1. The predicted octanol–water partition coefficient (Wildman–Crippen LogP) is 3.92. The van der Waals surface area contributed by atoms with E-state index in [0.717, 1.165) is 17.8 Å². The van der Waals surface area contributed by atoms with Crippen molar-refractivity contribution in [2.45, 2.75) is 39.3 Å². The Bertz CT molecular complexity index is 1660. The Morgan fingerprint density at radius 3 is 2.70 bits per heavy atom. The number of ether oxygens (including phenoxy) is 5. The van der Waals surface area contributed by atoms with Gasteiger partial charge in [-0.2, -0.15) is 8.78 Å². The van der Waals surface area contributed by atoms with E-state index in [9.17, 15) is 18.4 Å². The number of carbonyl (C=O) groups is 1. The molecule has 2 aliphatic heterocycles. The van der Waals surface area contributed by atoms with Gasteiger partial charge in [-0.3, -0.25) is 9.36 Å². The Hall–Kier alpha value is -4.19. The number of carbonyl (C=O) groups excluding carboxylic acids is 1. The summed E-state index contributed by atoms with van der Waals surface area (Å²) >= 11 is 1.16. The maximum atomic E-state index is 13.9. The Balaban J connectivity index is 1.69. The van der Waals surface area contributed by atoms with Gasteiger partial charge in [0, 0.05) is 0 Å². The molecular weight excluding hydrogens is 546 g/mol. The van der Waals surface area contributed by atoms with Gasteiger partial charge in [-0.05, 0) is 54.8 Å². The van der Waals surface area contributed by atoms with Gasteiger partial charge in [0.15, 0.2) is 27.8 Å². The number of alkyl halides is 2. The molecule has 0 amide bonds. The van der Waals surface area contributed by atoms with E-state index in [1.165, 1.54) is 23.8 Å². The molecule has 0 radical (unpaired) electrons. The smallest absolute Gasteiger partial charge is 0.387 e. The van der Waals surface area contributed by atoms with Crippen LogP contribution in [0.1, 0.15) is 43.9 Å². The van der Waals surface area contributed by atoms with Gasteiger partial charge in [0.2, 0.25) is 6.79 Å². The van der Waals surface area contributed by atoms with Crippen LogP contribution in [-0.2, 0) is 9.53 Å². The van der Waals surface area contributed by atoms with Crippen LogP contribution >= 0.6 is 11.3 Å². The summed E-state index contributed by atoms with van der Waals surface area (Å²) in [6, 6.07) is 8.86. The normalized spacial score (nSPS) is 16.1. The highest BCUT2D eigenvalue weighted by atomic mass is 32.1. The van der Waals surface area contributed by atoms with Crippen LogP contribution in [0.25, 0.3) is 6.08 Å². The van der Waals surface area contributed by atoms with Crippen molar-refractivity contribution in [3.05, 3.63) is 78.5 Å². The number of thiazole rings is 1. The molecule has 40 heavy (non-hydrogen) atoms. The van der Waals surface area contributed by atoms with Crippen molar-refractivity contribution >= 4 is 23.4 Å². The highest BCUT2D eigenvalue weighted by molar-refractivity contribution is 7.07. The lowest BCUT2D eigenvalue weighted by atomic mass is 9.94. The first-order valence-electron chi connectivity index (χ1n) is 12.6. The van der Waals surface area contributed by atoms with E-state index in [-0.39, 0.29) is 36.0 Å². The van der Waals surface area contributed by atoms with Crippen LogP contribution in [0.5, 0.6) is 23.0 Å². The van der Waals surface area contributed by atoms with Crippen molar-refractivity contribution in [2.24, 2.45) is 4.99 Å². The topological polar surface area (TPSA) is 97.6 Å². The number of aromatic nitrogens is 1. The molecule has 0 saturated carbocycles. The first-order valence-corrected chi connectivity index (χ1v) is 13.4. The summed E-state index contributed by atoms with van der Waals surface area (Å²) in [4.78, 5) is 32.3. The van der Waals surface area contributed by atoms with Crippen molar-refractivity contribution in [1.29, 1.82) is 0 Å². The van der Waals surface area contributed by atoms with Crippen molar-refractivity contribution in [2.75, 3.05) is 20.5 Å². The molecule has 3 aromatic rings. The average Bonchev–Trinajstić information content (AvgIpc) is 3.52. The Kier molecular flexibility index (Phi) is 7.88. The lowest BCUT2D eigenvalue weighted by Crippen LogP contribution is -2.40. The van der Waals surface area contributed by atoms with Crippen LogP contribution in [0, 0.1) is 0 Å². The van der Waals surface area contributed by atoms with Gasteiger partial charge in [0.05, 0.1) is 35.6 Å². The zero-order chi connectivity index (χ0) is 28.4. The van der Waals surface area contributed by atoms with E-state index in [1.807, 2.05) is 6.92 Å². The molecule has 0 spiro atoms. The highest BCUT2D eigenvalue weighted by Gasteiger charge is 2.35. The summed E-state index contributed by atoms with van der Waals surface area (Å²) in [6.45, 7) is 0.922. The molecule has 0 aliphatic carbocycles. The molecule has 2 aliphatic rings. The molecule has 2 aromatic carbocycles. The Labute approximate surface area is 231 Å². The standard InChI is InChI=1S/C28H26F2N2O7S/c1-4-6-17-23(26(34)36-5-2)24(16-8-10-18-21(13-16)38-14-37-18)32-25(33)22(40-28(32)31-17)12-15-7-9-19(39-27(29)30)20(11-15)35-3/h7-13,24,27H,4-6,14H2,1-3H3/b22-12+/t24-/m0/s1. The van der Waals surface area contributed by atoms with Crippen LogP contribution in [0.15, 0.2) is 57.5 Å². The van der Waals surface area contributed by atoms with Gasteiger partial charge in [-0.1, -0.05) is 36.8 Å². The monoisotopic (exact) mass is 572 g/mol. The third-order valence-electron chi connectivity index (χ3n) is 6.31. The summed E-state index contributed by atoms with van der Waals surface area (Å²) in [5, 5.41) is 0. The molecule has 0 saturated heterocycles. The number of hydrogen-bond acceptors (Lipinski definition) is 9. The molecule has 0 unspecified atom stereocenters. The first kappa shape index (κ1) is 27.4. The van der Waals surface area contributed by atoms with E-state index in [1.54, 1.807) is 37.3 Å². The summed E-state index contributed by atoms with van der Waals surface area (Å²) in [6.07, 6.45) is 2.84. The van der Waals surface area contributed by atoms with Gasteiger partial charge in [0.1, 0.15) is 0 Å². The van der Waals surface area contributed by atoms with Crippen molar-refractivity contribution in [1.82, 2.24) is 4.57 Å². The van der Waals surface area contributed by atoms with Gasteiger partial charge in [-0.25, -0.2) is 9.79 Å². The minimum atomic E-state index is -3.01. The zero-order valence-electron chi connectivity index (χ0n) is 21.9. The minimum Gasteiger partial charge on any atom is -0.493 e. The molecule has 0 N–H and O–H groups in total. The van der Waals surface area contributed by atoms with E-state index in [0.29, 0.717) is 44.1 Å². The number of halogens is 2. The Morgan fingerprint density at radius 1 is 1.18 bits per heavy atom. The van der Waals surface area contributed by atoms with Crippen LogP contribution in [-0.4, -0.2) is 37.7 Å². The molecule has 0 bridgehead atoms. The van der Waals surface area contributed by atoms with E-state index in [2.05, 4.69) is 4.74 Å². The Morgan fingerprint density at radius 2 is 1.98 bits per heavy atom. The van der Waals surface area contributed by atoms with Gasteiger partial charge in [0.25, 0.3) is 5.56 Å². The van der Waals surface area contributed by atoms with E-state index >= 15 is 0 Å². The number of benzene rings is 2. The first-order chi connectivity index (χ1) is 19.3.